The molecule has 0 atom stereocenters. The van der Waals surface area contributed by atoms with Gasteiger partial charge in [-0.3, -0.25) is 0 Å². The van der Waals surface area contributed by atoms with Crippen molar-refractivity contribution in [1.82, 2.24) is 0 Å². The number of fused-ring (bicyclic) bond motifs is 1. The van der Waals surface area contributed by atoms with Crippen molar-refractivity contribution in [3.05, 3.63) is 60.7 Å². The number of rotatable bonds is 4. The molecule has 0 unspecified atom stereocenters. The minimum absolute atomic E-state index is 0.765. The van der Waals surface area contributed by atoms with E-state index in [1.165, 1.54) is 49.3 Å². The van der Waals surface area contributed by atoms with Gasteiger partial charge >= 0.3 is 0 Å². The maximum atomic E-state index is 3.84. The third-order valence-corrected chi connectivity index (χ3v) is 4.89. The molecule has 3 rings (SSSR count). The zero-order valence-electron chi connectivity index (χ0n) is 12.2. The molecule has 0 aliphatic heterocycles. The third-order valence-electron chi connectivity index (χ3n) is 4.89. The van der Waals surface area contributed by atoms with Crippen molar-refractivity contribution in [3.63, 3.8) is 0 Å². The molecule has 104 valence electrons. The van der Waals surface area contributed by atoms with Gasteiger partial charge in [-0.1, -0.05) is 48.5 Å². The Bertz CT molecular complexity index is 568. The van der Waals surface area contributed by atoms with E-state index in [0.717, 1.165) is 11.8 Å². The Morgan fingerprint density at radius 2 is 1.70 bits per heavy atom. The first-order valence-electron chi connectivity index (χ1n) is 7.97. The summed E-state index contributed by atoms with van der Waals surface area (Å²) in [4.78, 5) is 0. The quantitative estimate of drug-likeness (QED) is 0.587. The Morgan fingerprint density at radius 3 is 2.50 bits per heavy atom. The van der Waals surface area contributed by atoms with Gasteiger partial charge in [0.1, 0.15) is 0 Å². The number of benzene rings is 2. The molecule has 0 nitrogen and oxygen atoms in total. The molecule has 2 aromatic carbocycles. The van der Waals surface area contributed by atoms with Crippen LogP contribution in [-0.2, 0) is 0 Å². The van der Waals surface area contributed by atoms with Gasteiger partial charge in [-0.05, 0) is 66.7 Å². The Hall–Kier alpha value is -1.56. The van der Waals surface area contributed by atoms with Crippen molar-refractivity contribution >= 4 is 10.8 Å². The molecule has 0 amide bonds. The summed E-state index contributed by atoms with van der Waals surface area (Å²) in [6.07, 6.45) is 10.1. The summed E-state index contributed by atoms with van der Waals surface area (Å²) < 4.78 is 0. The van der Waals surface area contributed by atoms with E-state index in [2.05, 4.69) is 55.1 Å². The summed E-state index contributed by atoms with van der Waals surface area (Å²) in [6, 6.07) is 15.6. The zero-order chi connectivity index (χ0) is 13.8. The van der Waals surface area contributed by atoms with E-state index in [1.807, 2.05) is 0 Å². The molecular formula is C20H24. The van der Waals surface area contributed by atoms with Crippen LogP contribution in [0.25, 0.3) is 10.8 Å². The first-order valence-corrected chi connectivity index (χ1v) is 7.97. The van der Waals surface area contributed by atoms with Crippen LogP contribution in [-0.4, -0.2) is 0 Å². The minimum atomic E-state index is 0.765. The largest absolute Gasteiger partial charge is 0.103 e. The fraction of sp³-hybridized carbons (Fsp3) is 0.400. The molecule has 1 fully saturated rings. The molecule has 0 radical (unpaired) electrons. The Morgan fingerprint density at radius 1 is 0.950 bits per heavy atom. The summed E-state index contributed by atoms with van der Waals surface area (Å²) in [6.45, 7) is 3.84. The molecule has 0 heteroatoms. The van der Waals surface area contributed by atoms with Gasteiger partial charge < -0.3 is 0 Å². The van der Waals surface area contributed by atoms with Gasteiger partial charge in [-0.25, -0.2) is 0 Å². The second-order valence-electron chi connectivity index (χ2n) is 6.15. The average Bonchev–Trinajstić information content (AvgIpc) is 2.53. The lowest BCUT2D eigenvalue weighted by Crippen LogP contribution is -2.13. The van der Waals surface area contributed by atoms with Crippen LogP contribution in [0.1, 0.15) is 50.0 Å². The molecule has 0 N–H and O–H groups in total. The van der Waals surface area contributed by atoms with Crippen LogP contribution in [0, 0.1) is 5.92 Å². The highest BCUT2D eigenvalue weighted by Crippen LogP contribution is 2.39. The Kier molecular flexibility index (Phi) is 4.20. The average molecular weight is 264 g/mol. The predicted octanol–water partition coefficient (Wildman–Crippen LogP) is 6.08. The van der Waals surface area contributed by atoms with Gasteiger partial charge in [0.05, 0.1) is 0 Å². The highest BCUT2D eigenvalue weighted by Gasteiger charge is 2.22. The van der Waals surface area contributed by atoms with Crippen molar-refractivity contribution in [1.29, 1.82) is 0 Å². The Balaban J connectivity index is 1.75. The predicted molar refractivity (Wildman–Crippen MR) is 88.1 cm³/mol. The van der Waals surface area contributed by atoms with Crippen LogP contribution in [0.3, 0.4) is 0 Å². The van der Waals surface area contributed by atoms with Gasteiger partial charge in [-0.15, -0.1) is 6.58 Å². The summed E-state index contributed by atoms with van der Waals surface area (Å²) in [7, 11) is 0. The highest BCUT2D eigenvalue weighted by molar-refractivity contribution is 5.86. The molecule has 1 saturated carbocycles. The van der Waals surface area contributed by atoms with Crippen molar-refractivity contribution in [2.24, 2.45) is 5.92 Å². The second kappa shape index (κ2) is 6.26. The van der Waals surface area contributed by atoms with Crippen LogP contribution < -0.4 is 0 Å². The van der Waals surface area contributed by atoms with E-state index in [1.54, 1.807) is 5.56 Å². The van der Waals surface area contributed by atoms with Crippen LogP contribution in [0.5, 0.6) is 0 Å². The van der Waals surface area contributed by atoms with Crippen LogP contribution in [0.4, 0.5) is 0 Å². The van der Waals surface area contributed by atoms with E-state index < -0.39 is 0 Å². The molecular weight excluding hydrogens is 240 g/mol. The summed E-state index contributed by atoms with van der Waals surface area (Å²) in [5.41, 5.74) is 1.57. The van der Waals surface area contributed by atoms with Gasteiger partial charge in [-0.2, -0.15) is 0 Å². The van der Waals surface area contributed by atoms with Crippen LogP contribution >= 0.6 is 0 Å². The molecule has 2 aromatic rings. The summed E-state index contributed by atoms with van der Waals surface area (Å²) in [5, 5.41) is 2.85. The SMILES string of the molecule is C=CCCC1CCC(c2cccc3ccccc23)CC1. The molecule has 1 aliphatic rings. The lowest BCUT2D eigenvalue weighted by molar-refractivity contribution is 0.313. The molecule has 0 bridgehead atoms. The monoisotopic (exact) mass is 264 g/mol. The van der Waals surface area contributed by atoms with E-state index in [-0.39, 0.29) is 0 Å². The molecule has 0 saturated heterocycles. The first-order chi connectivity index (χ1) is 9.88. The van der Waals surface area contributed by atoms with Gasteiger partial charge in [0, 0.05) is 0 Å². The standard InChI is InChI=1S/C20H24/c1-2-3-7-16-12-14-18(15-13-16)20-11-6-9-17-8-4-5-10-19(17)20/h2,4-6,8-11,16,18H,1,3,7,12-15H2. The molecule has 1 aliphatic carbocycles. The lowest BCUT2D eigenvalue weighted by atomic mass is 9.76. The number of hydrogen-bond donors (Lipinski definition) is 0. The third kappa shape index (κ3) is 2.80. The van der Waals surface area contributed by atoms with E-state index >= 15 is 0 Å². The minimum Gasteiger partial charge on any atom is -0.103 e. The number of allylic oxidation sites excluding steroid dienone is 1. The number of hydrogen-bond acceptors (Lipinski definition) is 0. The van der Waals surface area contributed by atoms with Crippen molar-refractivity contribution in [2.45, 2.75) is 44.4 Å². The summed E-state index contributed by atoms with van der Waals surface area (Å²) in [5.74, 6) is 1.69. The molecule has 0 spiro atoms. The van der Waals surface area contributed by atoms with E-state index in [0.29, 0.717) is 0 Å². The van der Waals surface area contributed by atoms with Gasteiger partial charge in [0.25, 0.3) is 0 Å². The topological polar surface area (TPSA) is 0 Å². The van der Waals surface area contributed by atoms with E-state index in [4.69, 9.17) is 0 Å². The molecule has 20 heavy (non-hydrogen) atoms. The fourth-order valence-electron chi connectivity index (χ4n) is 3.72. The van der Waals surface area contributed by atoms with Gasteiger partial charge in [0.2, 0.25) is 0 Å². The molecule has 0 aromatic heterocycles. The zero-order valence-corrected chi connectivity index (χ0v) is 12.2. The van der Waals surface area contributed by atoms with Gasteiger partial charge in [0.15, 0.2) is 0 Å². The fourth-order valence-corrected chi connectivity index (χ4v) is 3.72. The Labute approximate surface area is 122 Å². The maximum absolute atomic E-state index is 3.84. The smallest absolute Gasteiger partial charge is 0.0149 e. The lowest BCUT2D eigenvalue weighted by Gasteiger charge is -2.29. The maximum Gasteiger partial charge on any atom is -0.0149 e. The summed E-state index contributed by atoms with van der Waals surface area (Å²) >= 11 is 0. The second-order valence-corrected chi connectivity index (χ2v) is 6.15. The van der Waals surface area contributed by atoms with Crippen molar-refractivity contribution in [2.75, 3.05) is 0 Å². The first kappa shape index (κ1) is 13.4. The molecule has 0 heterocycles. The van der Waals surface area contributed by atoms with Crippen LogP contribution in [0.15, 0.2) is 55.1 Å². The highest BCUT2D eigenvalue weighted by atomic mass is 14.3. The normalized spacial score (nSPS) is 22.8. The van der Waals surface area contributed by atoms with Crippen molar-refractivity contribution in [3.8, 4) is 0 Å². The van der Waals surface area contributed by atoms with Crippen molar-refractivity contribution < 1.29 is 0 Å². The van der Waals surface area contributed by atoms with E-state index in [9.17, 15) is 0 Å². The van der Waals surface area contributed by atoms with Crippen LogP contribution in [0.2, 0.25) is 0 Å².